The molecule has 0 aromatic heterocycles. The lowest BCUT2D eigenvalue weighted by Crippen LogP contribution is -2.20. The topological polar surface area (TPSA) is 72.5 Å². The highest BCUT2D eigenvalue weighted by Crippen LogP contribution is 2.23. The van der Waals surface area contributed by atoms with Crippen molar-refractivity contribution in [3.8, 4) is 5.75 Å². The molecule has 0 spiro atoms. The van der Waals surface area contributed by atoms with Gasteiger partial charge in [0.2, 0.25) is 0 Å². The number of carboxylic acid groups (broad SMARTS) is 1. The largest absolute Gasteiger partial charge is 0.496 e. The number of hydrogen-bond acceptors (Lipinski definition) is 3. The lowest BCUT2D eigenvalue weighted by atomic mass is 10.1. The van der Waals surface area contributed by atoms with Gasteiger partial charge in [-0.1, -0.05) is 6.07 Å². The summed E-state index contributed by atoms with van der Waals surface area (Å²) in [4.78, 5) is 10.6. The van der Waals surface area contributed by atoms with Crippen molar-refractivity contribution in [2.45, 2.75) is 6.04 Å². The Kier molecular flexibility index (Phi) is 3.70. The quantitative estimate of drug-likeness (QED) is 0.828. The van der Waals surface area contributed by atoms with Gasteiger partial charge in [-0.25, -0.2) is 0 Å². The molecule has 0 fully saturated rings. The van der Waals surface area contributed by atoms with Gasteiger partial charge in [-0.2, -0.15) is 0 Å². The van der Waals surface area contributed by atoms with Crippen LogP contribution in [-0.2, 0) is 4.79 Å². The third kappa shape index (κ3) is 2.36. The molecule has 3 N–H and O–H groups in total. The third-order valence-corrected chi connectivity index (χ3v) is 2.64. The summed E-state index contributed by atoms with van der Waals surface area (Å²) >= 11 is 2.07. The van der Waals surface area contributed by atoms with Gasteiger partial charge in [0, 0.05) is 0 Å². The van der Waals surface area contributed by atoms with Crippen molar-refractivity contribution in [1.29, 1.82) is 0 Å². The first-order valence-electron chi connectivity index (χ1n) is 3.88. The van der Waals surface area contributed by atoms with Crippen LogP contribution in [0.2, 0.25) is 0 Å². The normalized spacial score (nSPS) is 12.2. The first-order chi connectivity index (χ1) is 6.56. The highest BCUT2D eigenvalue weighted by Gasteiger charge is 2.15. The number of rotatable bonds is 3. The van der Waals surface area contributed by atoms with E-state index in [0.717, 1.165) is 3.57 Å². The molecule has 76 valence electrons. The summed E-state index contributed by atoms with van der Waals surface area (Å²) in [6.45, 7) is 0. The number of carboxylic acids is 1. The predicted molar refractivity (Wildman–Crippen MR) is 60.3 cm³/mol. The van der Waals surface area contributed by atoms with Crippen LogP contribution in [0.4, 0.5) is 0 Å². The Bertz CT molecular complexity index is 354. The molecule has 0 unspecified atom stereocenters. The van der Waals surface area contributed by atoms with Gasteiger partial charge in [0.25, 0.3) is 0 Å². The molecule has 1 aromatic carbocycles. The van der Waals surface area contributed by atoms with Crippen LogP contribution in [0.5, 0.6) is 5.75 Å². The zero-order valence-electron chi connectivity index (χ0n) is 7.53. The monoisotopic (exact) mass is 307 g/mol. The number of aliphatic carboxylic acids is 1. The molecule has 0 aliphatic heterocycles. The van der Waals surface area contributed by atoms with Crippen molar-refractivity contribution in [1.82, 2.24) is 0 Å². The van der Waals surface area contributed by atoms with Crippen LogP contribution >= 0.6 is 22.6 Å². The SMILES string of the molecule is COc1ccc([C@H](N)C(=O)O)cc1I. The number of benzene rings is 1. The molecule has 1 atom stereocenters. The van der Waals surface area contributed by atoms with Gasteiger partial charge in [0.05, 0.1) is 10.7 Å². The summed E-state index contributed by atoms with van der Waals surface area (Å²) in [6, 6.07) is 4.09. The van der Waals surface area contributed by atoms with Crippen LogP contribution in [0.3, 0.4) is 0 Å². The molecule has 0 aliphatic rings. The van der Waals surface area contributed by atoms with Gasteiger partial charge in [-0.3, -0.25) is 4.79 Å². The van der Waals surface area contributed by atoms with E-state index in [1.54, 1.807) is 25.3 Å². The van der Waals surface area contributed by atoms with Crippen LogP contribution < -0.4 is 10.5 Å². The van der Waals surface area contributed by atoms with E-state index in [2.05, 4.69) is 22.6 Å². The Hall–Kier alpha value is -0.820. The molecule has 5 heteroatoms. The standard InChI is InChI=1S/C9H10INO3/c1-14-7-3-2-5(4-6(7)10)8(11)9(12)13/h2-4,8H,11H2,1H3,(H,12,13)/t8-/m0/s1. The molecule has 1 rings (SSSR count). The van der Waals surface area contributed by atoms with Crippen molar-refractivity contribution in [3.05, 3.63) is 27.3 Å². The molecule has 0 saturated carbocycles. The Morgan fingerprint density at radius 3 is 2.71 bits per heavy atom. The minimum Gasteiger partial charge on any atom is -0.496 e. The van der Waals surface area contributed by atoms with E-state index in [1.165, 1.54) is 0 Å². The minimum absolute atomic E-state index is 0.572. The number of nitrogens with two attached hydrogens (primary N) is 1. The fraction of sp³-hybridized carbons (Fsp3) is 0.222. The average molecular weight is 307 g/mol. The number of ether oxygens (including phenoxy) is 1. The second-order valence-corrected chi connectivity index (χ2v) is 3.87. The number of methoxy groups -OCH3 is 1. The second-order valence-electron chi connectivity index (χ2n) is 2.71. The van der Waals surface area contributed by atoms with E-state index in [1.807, 2.05) is 0 Å². The van der Waals surface area contributed by atoms with Crippen molar-refractivity contribution >= 4 is 28.6 Å². The summed E-state index contributed by atoms with van der Waals surface area (Å²) < 4.78 is 5.89. The van der Waals surface area contributed by atoms with Crippen LogP contribution in [-0.4, -0.2) is 18.2 Å². The smallest absolute Gasteiger partial charge is 0.325 e. The molecule has 0 saturated heterocycles. The molecule has 0 heterocycles. The van der Waals surface area contributed by atoms with Crippen molar-refractivity contribution in [2.75, 3.05) is 7.11 Å². The predicted octanol–water partition coefficient (Wildman–Crippen LogP) is 1.38. The molecule has 1 aromatic rings. The van der Waals surface area contributed by atoms with Crippen molar-refractivity contribution in [3.63, 3.8) is 0 Å². The van der Waals surface area contributed by atoms with E-state index in [0.29, 0.717) is 11.3 Å². The van der Waals surface area contributed by atoms with Gasteiger partial charge in [0.1, 0.15) is 11.8 Å². The van der Waals surface area contributed by atoms with Crippen LogP contribution in [0.15, 0.2) is 18.2 Å². The van der Waals surface area contributed by atoms with Gasteiger partial charge in [-0.15, -0.1) is 0 Å². The maximum atomic E-state index is 10.6. The molecule has 0 bridgehead atoms. The maximum absolute atomic E-state index is 10.6. The summed E-state index contributed by atoms with van der Waals surface area (Å²) in [5, 5.41) is 8.69. The first kappa shape index (κ1) is 11.3. The average Bonchev–Trinajstić information content (AvgIpc) is 2.16. The number of halogens is 1. The van der Waals surface area contributed by atoms with Gasteiger partial charge < -0.3 is 15.6 Å². The van der Waals surface area contributed by atoms with Gasteiger partial charge in [-0.05, 0) is 40.3 Å². The van der Waals surface area contributed by atoms with Gasteiger partial charge in [0.15, 0.2) is 0 Å². The van der Waals surface area contributed by atoms with E-state index in [9.17, 15) is 4.79 Å². The Balaban J connectivity index is 3.02. The Morgan fingerprint density at radius 1 is 1.64 bits per heavy atom. The van der Waals surface area contributed by atoms with Crippen LogP contribution in [0.1, 0.15) is 11.6 Å². The molecular weight excluding hydrogens is 297 g/mol. The fourth-order valence-corrected chi connectivity index (χ4v) is 1.78. The second kappa shape index (κ2) is 4.61. The zero-order valence-corrected chi connectivity index (χ0v) is 9.69. The summed E-state index contributed by atoms with van der Waals surface area (Å²) in [6.07, 6.45) is 0. The third-order valence-electron chi connectivity index (χ3n) is 1.80. The molecular formula is C9H10INO3. The minimum atomic E-state index is -1.04. The van der Waals surface area contributed by atoms with E-state index in [-0.39, 0.29) is 0 Å². The molecule has 0 aliphatic carbocycles. The Morgan fingerprint density at radius 2 is 2.29 bits per heavy atom. The summed E-state index contributed by atoms with van der Waals surface area (Å²) in [5.41, 5.74) is 6.03. The lowest BCUT2D eigenvalue weighted by molar-refractivity contribution is -0.138. The number of carbonyl (C=O) groups is 1. The van der Waals surface area contributed by atoms with Crippen LogP contribution in [0.25, 0.3) is 0 Å². The Labute approximate surface area is 95.2 Å². The zero-order chi connectivity index (χ0) is 10.7. The van der Waals surface area contributed by atoms with E-state index in [4.69, 9.17) is 15.6 Å². The maximum Gasteiger partial charge on any atom is 0.325 e. The molecule has 4 nitrogen and oxygen atoms in total. The van der Waals surface area contributed by atoms with Crippen LogP contribution in [0, 0.1) is 3.57 Å². The highest BCUT2D eigenvalue weighted by molar-refractivity contribution is 14.1. The number of hydrogen-bond donors (Lipinski definition) is 2. The summed E-state index contributed by atoms with van der Waals surface area (Å²) in [5.74, 6) is -0.321. The molecule has 0 radical (unpaired) electrons. The first-order valence-corrected chi connectivity index (χ1v) is 4.96. The van der Waals surface area contributed by atoms with Crippen molar-refractivity contribution in [2.24, 2.45) is 5.73 Å². The van der Waals surface area contributed by atoms with E-state index < -0.39 is 12.0 Å². The van der Waals surface area contributed by atoms with Crippen molar-refractivity contribution < 1.29 is 14.6 Å². The summed E-state index contributed by atoms with van der Waals surface area (Å²) in [7, 11) is 1.56. The highest BCUT2D eigenvalue weighted by atomic mass is 127. The fourth-order valence-electron chi connectivity index (χ4n) is 1.02. The molecule has 14 heavy (non-hydrogen) atoms. The molecule has 0 amide bonds. The van der Waals surface area contributed by atoms with Gasteiger partial charge >= 0.3 is 5.97 Å². The lowest BCUT2D eigenvalue weighted by Gasteiger charge is -2.09. The van der Waals surface area contributed by atoms with E-state index >= 15 is 0 Å².